The number of nitrogens with zero attached hydrogens (tertiary/aromatic N) is 3. The normalized spacial score (nSPS) is 14.5. The number of piperidine rings is 1. The first-order valence-electron chi connectivity index (χ1n) is 8.82. The minimum atomic E-state index is 0.662. The van der Waals surface area contributed by atoms with E-state index in [1.54, 1.807) is 7.11 Å². The molecule has 128 valence electrons. The first-order valence-corrected chi connectivity index (χ1v) is 8.82. The topological polar surface area (TPSA) is 50.3 Å². The fourth-order valence-corrected chi connectivity index (χ4v) is 3.04. The summed E-state index contributed by atoms with van der Waals surface area (Å²) in [5.74, 6) is 2.52. The van der Waals surface area contributed by atoms with Gasteiger partial charge in [0.15, 0.2) is 0 Å². The van der Waals surface area contributed by atoms with Crippen molar-refractivity contribution < 1.29 is 4.74 Å². The predicted octanol–water partition coefficient (Wildman–Crippen LogP) is 4.17. The number of aromatic nitrogens is 2. The number of aryl methyl sites for hydroxylation is 1. The smallest absolute Gasteiger partial charge is 0.229 e. The monoisotopic (exact) mass is 326 g/mol. The molecule has 1 fully saturated rings. The molecule has 0 bridgehead atoms. The molecule has 0 radical (unpaired) electrons. The molecule has 0 unspecified atom stereocenters. The van der Waals surface area contributed by atoms with Crippen molar-refractivity contribution in [1.29, 1.82) is 0 Å². The van der Waals surface area contributed by atoms with Crippen LogP contribution in [0.1, 0.15) is 38.3 Å². The summed E-state index contributed by atoms with van der Waals surface area (Å²) >= 11 is 0. The van der Waals surface area contributed by atoms with Gasteiger partial charge in [-0.05, 0) is 37.8 Å². The van der Waals surface area contributed by atoms with E-state index in [1.165, 1.54) is 19.3 Å². The van der Waals surface area contributed by atoms with Crippen LogP contribution in [0.25, 0.3) is 0 Å². The van der Waals surface area contributed by atoms with E-state index in [9.17, 15) is 0 Å². The first kappa shape index (κ1) is 16.6. The zero-order chi connectivity index (χ0) is 16.8. The van der Waals surface area contributed by atoms with E-state index in [4.69, 9.17) is 9.72 Å². The first-order chi connectivity index (χ1) is 11.8. The molecule has 1 aromatic heterocycles. The molecule has 1 aliphatic rings. The minimum absolute atomic E-state index is 0.662. The zero-order valence-corrected chi connectivity index (χ0v) is 14.6. The van der Waals surface area contributed by atoms with Crippen LogP contribution in [0.3, 0.4) is 0 Å². The molecule has 2 heterocycles. The Morgan fingerprint density at radius 3 is 2.71 bits per heavy atom. The summed E-state index contributed by atoms with van der Waals surface area (Å²) in [6.45, 7) is 4.35. The minimum Gasteiger partial charge on any atom is -0.497 e. The van der Waals surface area contributed by atoms with Gasteiger partial charge in [0.25, 0.3) is 0 Å². The van der Waals surface area contributed by atoms with E-state index < -0.39 is 0 Å². The number of benzene rings is 1. The zero-order valence-electron chi connectivity index (χ0n) is 14.6. The summed E-state index contributed by atoms with van der Waals surface area (Å²) in [7, 11) is 1.67. The summed E-state index contributed by atoms with van der Waals surface area (Å²) in [6, 6.07) is 9.99. The van der Waals surface area contributed by atoms with Crippen LogP contribution in [-0.4, -0.2) is 30.2 Å². The van der Waals surface area contributed by atoms with Gasteiger partial charge >= 0.3 is 0 Å². The lowest BCUT2D eigenvalue weighted by Crippen LogP contribution is -2.30. The molecule has 5 heteroatoms. The molecule has 5 nitrogen and oxygen atoms in total. The third-order valence-electron chi connectivity index (χ3n) is 4.28. The SMILES string of the molecule is CCCc1cc(N2CCCCC2)nc(Nc2cccc(OC)c2)n1. The van der Waals surface area contributed by atoms with Crippen molar-refractivity contribution in [3.05, 3.63) is 36.0 Å². The van der Waals surface area contributed by atoms with Crippen LogP contribution in [0.15, 0.2) is 30.3 Å². The molecule has 0 amide bonds. The predicted molar refractivity (Wildman–Crippen MR) is 98.4 cm³/mol. The Kier molecular flexibility index (Phi) is 5.51. The van der Waals surface area contributed by atoms with Gasteiger partial charge in [0.05, 0.1) is 7.11 Å². The lowest BCUT2D eigenvalue weighted by Gasteiger charge is -2.28. The summed E-state index contributed by atoms with van der Waals surface area (Å²) in [6.07, 6.45) is 5.85. The molecule has 2 aromatic rings. The van der Waals surface area contributed by atoms with Gasteiger partial charge in [-0.15, -0.1) is 0 Å². The molecule has 0 aliphatic carbocycles. The number of hydrogen-bond acceptors (Lipinski definition) is 5. The average molecular weight is 326 g/mol. The fraction of sp³-hybridized carbons (Fsp3) is 0.474. The molecule has 1 aromatic carbocycles. The van der Waals surface area contributed by atoms with Crippen LogP contribution in [0.5, 0.6) is 5.75 Å². The van der Waals surface area contributed by atoms with Gasteiger partial charge in [0.2, 0.25) is 5.95 Å². The molecule has 0 atom stereocenters. The summed E-state index contributed by atoms with van der Waals surface area (Å²) in [5, 5.41) is 3.33. The van der Waals surface area contributed by atoms with Crippen LogP contribution in [0, 0.1) is 0 Å². The van der Waals surface area contributed by atoms with E-state index in [1.807, 2.05) is 24.3 Å². The fourth-order valence-electron chi connectivity index (χ4n) is 3.04. The lowest BCUT2D eigenvalue weighted by molar-refractivity contribution is 0.415. The highest BCUT2D eigenvalue weighted by atomic mass is 16.5. The molecular formula is C19H26N4O. The van der Waals surface area contributed by atoms with Crippen LogP contribution < -0.4 is 15.0 Å². The van der Waals surface area contributed by atoms with Gasteiger partial charge in [-0.2, -0.15) is 4.98 Å². The Bertz CT molecular complexity index is 668. The molecule has 0 saturated carbocycles. The second-order valence-electron chi connectivity index (χ2n) is 6.20. The molecule has 24 heavy (non-hydrogen) atoms. The Morgan fingerprint density at radius 1 is 1.12 bits per heavy atom. The Balaban J connectivity index is 1.86. The van der Waals surface area contributed by atoms with E-state index >= 15 is 0 Å². The maximum Gasteiger partial charge on any atom is 0.229 e. The third kappa shape index (κ3) is 4.16. The summed E-state index contributed by atoms with van der Waals surface area (Å²) in [5.41, 5.74) is 2.03. The van der Waals surface area contributed by atoms with Crippen molar-refractivity contribution >= 4 is 17.5 Å². The molecule has 1 N–H and O–H groups in total. The largest absolute Gasteiger partial charge is 0.497 e. The summed E-state index contributed by atoms with van der Waals surface area (Å²) in [4.78, 5) is 11.8. The summed E-state index contributed by atoms with van der Waals surface area (Å²) < 4.78 is 5.28. The molecule has 1 saturated heterocycles. The highest BCUT2D eigenvalue weighted by Crippen LogP contribution is 2.24. The van der Waals surface area contributed by atoms with E-state index in [0.29, 0.717) is 5.95 Å². The number of anilines is 3. The van der Waals surface area contributed by atoms with Crippen molar-refractivity contribution in [1.82, 2.24) is 9.97 Å². The van der Waals surface area contributed by atoms with Crippen molar-refractivity contribution in [2.24, 2.45) is 0 Å². The van der Waals surface area contributed by atoms with Gasteiger partial charge in [-0.3, -0.25) is 0 Å². The standard InChI is InChI=1S/C19H26N4O/c1-3-8-15-14-18(23-11-5-4-6-12-23)22-19(20-15)21-16-9-7-10-17(13-16)24-2/h7,9-10,13-14H,3-6,8,11-12H2,1-2H3,(H,20,21,22). The molecule has 0 spiro atoms. The Morgan fingerprint density at radius 2 is 1.96 bits per heavy atom. The second kappa shape index (κ2) is 7.99. The molecular weight excluding hydrogens is 300 g/mol. The van der Waals surface area contributed by atoms with Crippen molar-refractivity contribution in [3.63, 3.8) is 0 Å². The quantitative estimate of drug-likeness (QED) is 0.863. The van der Waals surface area contributed by atoms with E-state index in [-0.39, 0.29) is 0 Å². The molecule has 3 rings (SSSR count). The van der Waals surface area contributed by atoms with Crippen molar-refractivity contribution in [2.75, 3.05) is 30.4 Å². The Hall–Kier alpha value is -2.30. The van der Waals surface area contributed by atoms with Crippen molar-refractivity contribution in [2.45, 2.75) is 39.0 Å². The van der Waals surface area contributed by atoms with Gasteiger partial charge < -0.3 is 15.0 Å². The number of nitrogens with one attached hydrogen (secondary N) is 1. The highest BCUT2D eigenvalue weighted by Gasteiger charge is 2.14. The number of hydrogen-bond donors (Lipinski definition) is 1. The second-order valence-corrected chi connectivity index (χ2v) is 6.20. The van der Waals surface area contributed by atoms with E-state index in [0.717, 1.165) is 48.9 Å². The van der Waals surface area contributed by atoms with Gasteiger partial charge in [-0.25, -0.2) is 4.98 Å². The van der Waals surface area contributed by atoms with Gasteiger partial charge in [0, 0.05) is 36.6 Å². The average Bonchev–Trinajstić information content (AvgIpc) is 2.63. The van der Waals surface area contributed by atoms with E-state index in [2.05, 4.69) is 28.2 Å². The maximum atomic E-state index is 5.28. The number of methoxy groups -OCH3 is 1. The highest BCUT2D eigenvalue weighted by molar-refractivity contribution is 5.57. The Labute approximate surface area is 144 Å². The van der Waals surface area contributed by atoms with Crippen LogP contribution in [0.2, 0.25) is 0 Å². The van der Waals surface area contributed by atoms with Crippen LogP contribution in [0.4, 0.5) is 17.5 Å². The number of ether oxygens (including phenoxy) is 1. The van der Waals surface area contributed by atoms with Crippen molar-refractivity contribution in [3.8, 4) is 5.75 Å². The van der Waals surface area contributed by atoms with Crippen LogP contribution in [-0.2, 0) is 6.42 Å². The number of rotatable bonds is 6. The maximum absolute atomic E-state index is 5.28. The molecule has 1 aliphatic heterocycles. The van der Waals surface area contributed by atoms with Gasteiger partial charge in [0.1, 0.15) is 11.6 Å². The third-order valence-corrected chi connectivity index (χ3v) is 4.28. The lowest BCUT2D eigenvalue weighted by atomic mass is 10.1. The van der Waals surface area contributed by atoms with Crippen LogP contribution >= 0.6 is 0 Å². The van der Waals surface area contributed by atoms with Gasteiger partial charge in [-0.1, -0.05) is 19.4 Å².